The largest absolute Gasteiger partial charge is 0.395 e. The number of aliphatic hydroxyl groups is 1. The van der Waals surface area contributed by atoms with Crippen LogP contribution < -0.4 is 4.90 Å². The first-order chi connectivity index (χ1) is 11.1. The van der Waals surface area contributed by atoms with Crippen molar-refractivity contribution in [3.05, 3.63) is 40.1 Å². The second-order valence-electron chi connectivity index (χ2n) is 5.77. The Hall–Kier alpha value is -2.25. The van der Waals surface area contributed by atoms with E-state index in [-0.39, 0.29) is 17.2 Å². The van der Waals surface area contributed by atoms with Gasteiger partial charge in [-0.05, 0) is 13.0 Å². The molecule has 1 aromatic carbocycles. The Bertz CT molecular complexity index is 727. The molecular formula is C16H20N4O3. The van der Waals surface area contributed by atoms with Gasteiger partial charge >= 0.3 is 0 Å². The van der Waals surface area contributed by atoms with E-state index in [9.17, 15) is 10.1 Å². The van der Waals surface area contributed by atoms with E-state index >= 15 is 0 Å². The summed E-state index contributed by atoms with van der Waals surface area (Å²) in [7, 11) is 0. The number of nitro benzene ring substituents is 1. The molecule has 1 N–H and O–H groups in total. The summed E-state index contributed by atoms with van der Waals surface area (Å²) in [6.07, 6.45) is 0. The summed E-state index contributed by atoms with van der Waals surface area (Å²) in [5.74, 6) is 0. The fourth-order valence-corrected chi connectivity index (χ4v) is 3.10. The second-order valence-corrected chi connectivity index (χ2v) is 5.77. The molecule has 1 aromatic heterocycles. The summed E-state index contributed by atoms with van der Waals surface area (Å²) in [6.45, 7) is 6.14. The Labute approximate surface area is 134 Å². The minimum atomic E-state index is -0.377. The third kappa shape index (κ3) is 3.11. The van der Waals surface area contributed by atoms with Crippen LogP contribution in [0.5, 0.6) is 0 Å². The number of rotatable bonds is 4. The highest BCUT2D eigenvalue weighted by molar-refractivity contribution is 5.97. The predicted molar refractivity (Wildman–Crippen MR) is 88.9 cm³/mol. The van der Waals surface area contributed by atoms with Gasteiger partial charge in [0.05, 0.1) is 11.5 Å². The highest BCUT2D eigenvalue weighted by atomic mass is 16.6. The van der Waals surface area contributed by atoms with E-state index < -0.39 is 0 Å². The van der Waals surface area contributed by atoms with Crippen LogP contribution in [0.2, 0.25) is 0 Å². The lowest BCUT2D eigenvalue weighted by Crippen LogP contribution is -2.47. The predicted octanol–water partition coefficient (Wildman–Crippen LogP) is 1.57. The zero-order chi connectivity index (χ0) is 16.4. The normalized spacial score (nSPS) is 16.0. The molecule has 0 amide bonds. The number of aliphatic hydroxyl groups excluding tert-OH is 1. The Kier molecular flexibility index (Phi) is 4.40. The number of benzene rings is 1. The molecule has 7 heteroatoms. The summed E-state index contributed by atoms with van der Waals surface area (Å²) in [5.41, 5.74) is 2.27. The molecule has 2 heterocycles. The van der Waals surface area contributed by atoms with Gasteiger partial charge in [-0.3, -0.25) is 15.0 Å². The summed E-state index contributed by atoms with van der Waals surface area (Å²) in [5, 5.41) is 21.1. The summed E-state index contributed by atoms with van der Waals surface area (Å²) in [4.78, 5) is 19.7. The molecular weight excluding hydrogens is 296 g/mol. The highest BCUT2D eigenvalue weighted by Gasteiger charge is 2.21. The number of non-ortho nitro benzene ring substituents is 1. The molecule has 0 spiro atoms. The number of hydrogen-bond donors (Lipinski definition) is 1. The first kappa shape index (κ1) is 15.6. The minimum absolute atomic E-state index is 0.0476. The summed E-state index contributed by atoms with van der Waals surface area (Å²) < 4.78 is 0. The molecule has 0 bridgehead atoms. The molecule has 0 aliphatic carbocycles. The van der Waals surface area contributed by atoms with Crippen molar-refractivity contribution in [1.29, 1.82) is 0 Å². The fraction of sp³-hybridized carbons (Fsp3) is 0.438. The smallest absolute Gasteiger partial charge is 0.295 e. The zero-order valence-corrected chi connectivity index (χ0v) is 13.1. The molecule has 23 heavy (non-hydrogen) atoms. The quantitative estimate of drug-likeness (QED) is 0.681. The number of nitrogens with zero attached hydrogens (tertiary/aromatic N) is 4. The Morgan fingerprint density at radius 3 is 2.70 bits per heavy atom. The van der Waals surface area contributed by atoms with E-state index in [0.29, 0.717) is 12.1 Å². The van der Waals surface area contributed by atoms with Gasteiger partial charge in [0.2, 0.25) is 0 Å². The average molecular weight is 316 g/mol. The molecule has 7 nitrogen and oxygen atoms in total. The molecule has 0 atom stereocenters. The molecule has 1 fully saturated rings. The van der Waals surface area contributed by atoms with Crippen molar-refractivity contribution in [2.45, 2.75) is 6.92 Å². The maximum Gasteiger partial charge on any atom is 0.295 e. The third-order valence-electron chi connectivity index (χ3n) is 4.25. The number of nitro groups is 1. The van der Waals surface area contributed by atoms with Crippen molar-refractivity contribution in [3.63, 3.8) is 0 Å². The standard InChI is InChI=1S/C16H20N4O3/c1-12-11-15(19-7-5-18(6-8-19)9-10-21)13-3-2-4-14(20(22)23)16(13)17-12/h2-4,11,21H,5-10H2,1H3. The van der Waals surface area contributed by atoms with E-state index in [2.05, 4.69) is 14.8 Å². The number of piperazine rings is 1. The molecule has 122 valence electrons. The van der Waals surface area contributed by atoms with E-state index in [4.69, 9.17) is 5.11 Å². The molecule has 0 saturated carbocycles. The van der Waals surface area contributed by atoms with Crippen LogP contribution in [0, 0.1) is 17.0 Å². The Morgan fingerprint density at radius 2 is 2.04 bits per heavy atom. The van der Waals surface area contributed by atoms with Crippen LogP contribution in [0.3, 0.4) is 0 Å². The molecule has 1 aliphatic rings. The molecule has 1 saturated heterocycles. The zero-order valence-electron chi connectivity index (χ0n) is 13.1. The molecule has 0 radical (unpaired) electrons. The third-order valence-corrected chi connectivity index (χ3v) is 4.25. The minimum Gasteiger partial charge on any atom is -0.395 e. The Balaban J connectivity index is 1.98. The van der Waals surface area contributed by atoms with Crippen LogP contribution in [0.4, 0.5) is 11.4 Å². The van der Waals surface area contributed by atoms with Crippen molar-refractivity contribution < 1.29 is 10.0 Å². The highest BCUT2D eigenvalue weighted by Crippen LogP contribution is 2.32. The number of hydrogen-bond acceptors (Lipinski definition) is 6. The van der Waals surface area contributed by atoms with E-state index in [1.165, 1.54) is 6.07 Å². The molecule has 2 aromatic rings. The lowest BCUT2D eigenvalue weighted by molar-refractivity contribution is -0.383. The number of pyridine rings is 1. The van der Waals surface area contributed by atoms with Crippen LogP contribution in [0.15, 0.2) is 24.3 Å². The van der Waals surface area contributed by atoms with Gasteiger partial charge in [0, 0.05) is 55.6 Å². The number of β-amino-alcohol motifs (C(OH)–C–C–N with tert-alkyl or cyclic N) is 1. The summed E-state index contributed by atoms with van der Waals surface area (Å²) in [6, 6.07) is 7.10. The molecule has 1 aliphatic heterocycles. The Morgan fingerprint density at radius 1 is 1.30 bits per heavy atom. The van der Waals surface area contributed by atoms with Crippen LogP contribution in [-0.2, 0) is 0 Å². The summed E-state index contributed by atoms with van der Waals surface area (Å²) >= 11 is 0. The number of fused-ring (bicyclic) bond motifs is 1. The molecule has 0 unspecified atom stereocenters. The van der Waals surface area contributed by atoms with Gasteiger partial charge < -0.3 is 10.0 Å². The van der Waals surface area contributed by atoms with Crippen LogP contribution in [0.1, 0.15) is 5.69 Å². The van der Waals surface area contributed by atoms with Gasteiger partial charge in [0.1, 0.15) is 0 Å². The van der Waals surface area contributed by atoms with Gasteiger partial charge in [-0.25, -0.2) is 4.98 Å². The van der Waals surface area contributed by atoms with Crippen LogP contribution >= 0.6 is 0 Å². The van der Waals surface area contributed by atoms with Gasteiger partial charge in [-0.1, -0.05) is 12.1 Å². The second kappa shape index (κ2) is 6.47. The SMILES string of the molecule is Cc1cc(N2CCN(CCO)CC2)c2cccc([N+](=O)[O-])c2n1. The van der Waals surface area contributed by atoms with Crippen molar-refractivity contribution in [2.24, 2.45) is 0 Å². The van der Waals surface area contributed by atoms with Gasteiger partial charge in [0.25, 0.3) is 5.69 Å². The van der Waals surface area contributed by atoms with Gasteiger partial charge in [-0.15, -0.1) is 0 Å². The maximum atomic E-state index is 11.3. The lowest BCUT2D eigenvalue weighted by Gasteiger charge is -2.36. The van der Waals surface area contributed by atoms with Gasteiger partial charge in [0.15, 0.2) is 5.52 Å². The fourth-order valence-electron chi connectivity index (χ4n) is 3.10. The average Bonchev–Trinajstić information content (AvgIpc) is 2.54. The number of para-hydroxylation sites is 1. The van der Waals surface area contributed by atoms with Crippen LogP contribution in [-0.4, -0.2) is 59.2 Å². The topological polar surface area (TPSA) is 82.7 Å². The van der Waals surface area contributed by atoms with Crippen molar-refractivity contribution in [2.75, 3.05) is 44.2 Å². The lowest BCUT2D eigenvalue weighted by atomic mass is 10.1. The van der Waals surface area contributed by atoms with Crippen LogP contribution in [0.25, 0.3) is 10.9 Å². The molecule has 3 rings (SSSR count). The first-order valence-corrected chi connectivity index (χ1v) is 7.73. The first-order valence-electron chi connectivity index (χ1n) is 7.73. The van der Waals surface area contributed by atoms with E-state index in [1.54, 1.807) is 6.07 Å². The number of aromatic nitrogens is 1. The van der Waals surface area contributed by atoms with Crippen molar-refractivity contribution in [3.8, 4) is 0 Å². The maximum absolute atomic E-state index is 11.3. The van der Waals surface area contributed by atoms with E-state index in [1.807, 2.05) is 19.1 Å². The van der Waals surface area contributed by atoms with Gasteiger partial charge in [-0.2, -0.15) is 0 Å². The monoisotopic (exact) mass is 316 g/mol. The number of anilines is 1. The van der Waals surface area contributed by atoms with Crippen molar-refractivity contribution >= 4 is 22.3 Å². The number of aryl methyl sites for hydroxylation is 1. The van der Waals surface area contributed by atoms with Crippen molar-refractivity contribution in [1.82, 2.24) is 9.88 Å². The van der Waals surface area contributed by atoms with E-state index in [0.717, 1.165) is 42.9 Å².